The molecule has 2 atom stereocenters. The van der Waals surface area contributed by atoms with Crippen LogP contribution in [-0.4, -0.2) is 34.5 Å². The van der Waals surface area contributed by atoms with Crippen molar-refractivity contribution in [2.75, 3.05) is 11.4 Å². The monoisotopic (exact) mass is 542 g/mol. The Morgan fingerprint density at radius 1 is 1.09 bits per heavy atom. The molecular weight excluding hydrogens is 509 g/mol. The van der Waals surface area contributed by atoms with Crippen LogP contribution >= 0.6 is 11.3 Å². The van der Waals surface area contributed by atoms with Crippen LogP contribution in [0.4, 0.5) is 9.80 Å². The average Bonchev–Trinajstić information content (AvgIpc) is 3.57. The number of amides is 3. The number of carbonyl (C=O) groups excluding carboxylic acids is 2. The Morgan fingerprint density at radius 2 is 1.82 bits per heavy atom. The van der Waals surface area contributed by atoms with Crippen LogP contribution in [0.5, 0.6) is 0 Å². The average molecular weight is 543 g/mol. The SMILES string of the molecule is [CH2-]CCCCC[C@H]1CN(C(=O)c2ccccc2)C(=O)N1c1ccc(C(O)C2CCCC2)s1.[Y]. The van der Waals surface area contributed by atoms with Crippen LogP contribution in [0.2, 0.25) is 0 Å². The standard InChI is InChI=1S/C26H33N2O3S.Y/c1-2-3-4-8-15-21-18-27(25(30)20-13-6-5-7-14-20)26(31)28(21)23-17-16-22(32-23)24(29)19-11-9-10-12-19;/h5-7,13-14,16-17,19,21,24,29H,1-4,8-12,15,18H2;/q-1;/t21-,24?;/m0./s1. The number of imide groups is 1. The Kier molecular flexibility index (Phi) is 10.1. The van der Waals surface area contributed by atoms with Crippen molar-refractivity contribution in [3.63, 3.8) is 0 Å². The molecule has 7 heteroatoms. The van der Waals surface area contributed by atoms with Crippen LogP contribution in [0.15, 0.2) is 42.5 Å². The number of hydrogen-bond donors (Lipinski definition) is 1. The molecular formula is C26H33N2O3SY-. The number of hydrogen-bond acceptors (Lipinski definition) is 4. The van der Waals surface area contributed by atoms with Crippen molar-refractivity contribution >= 4 is 28.3 Å². The molecule has 0 bridgehead atoms. The van der Waals surface area contributed by atoms with Crippen molar-refractivity contribution in [3.05, 3.63) is 59.8 Å². The van der Waals surface area contributed by atoms with Crippen LogP contribution in [-0.2, 0) is 32.7 Å². The number of benzene rings is 1. The van der Waals surface area contributed by atoms with Gasteiger partial charge in [-0.2, -0.15) is 6.42 Å². The number of nitrogens with zero attached hydrogens (tertiary/aromatic N) is 2. The number of thiophene rings is 1. The molecule has 1 aromatic carbocycles. The quantitative estimate of drug-likeness (QED) is 0.303. The number of rotatable bonds is 9. The van der Waals surface area contributed by atoms with E-state index < -0.39 is 6.10 Å². The van der Waals surface area contributed by atoms with E-state index in [1.54, 1.807) is 17.0 Å². The van der Waals surface area contributed by atoms with Gasteiger partial charge in [-0.05, 0) is 49.4 Å². The minimum atomic E-state index is -0.466. The molecule has 3 amide bonds. The first-order valence-electron chi connectivity index (χ1n) is 11.9. The molecule has 1 saturated heterocycles. The molecule has 2 fully saturated rings. The van der Waals surface area contributed by atoms with Gasteiger partial charge in [-0.15, -0.1) is 11.3 Å². The summed E-state index contributed by atoms with van der Waals surface area (Å²) in [5.41, 5.74) is 0.530. The maximum Gasteiger partial charge on any atom is 0.332 e. The topological polar surface area (TPSA) is 60.9 Å². The third-order valence-corrected chi connectivity index (χ3v) is 7.89. The summed E-state index contributed by atoms with van der Waals surface area (Å²) in [5.74, 6) is 0.0639. The fourth-order valence-corrected chi connectivity index (χ4v) is 6.08. The molecule has 5 nitrogen and oxygen atoms in total. The van der Waals surface area contributed by atoms with E-state index in [0.717, 1.165) is 54.8 Å². The van der Waals surface area contributed by atoms with Gasteiger partial charge in [0.05, 0.1) is 23.7 Å². The number of carbonyl (C=O) groups is 2. The Morgan fingerprint density at radius 3 is 2.52 bits per heavy atom. The van der Waals surface area contributed by atoms with Crippen LogP contribution < -0.4 is 4.90 Å². The number of anilines is 1. The van der Waals surface area contributed by atoms with Gasteiger partial charge >= 0.3 is 6.03 Å². The van der Waals surface area contributed by atoms with E-state index >= 15 is 0 Å². The van der Waals surface area contributed by atoms with Gasteiger partial charge in [0.2, 0.25) is 0 Å². The first-order chi connectivity index (χ1) is 15.6. The molecule has 1 N–H and O–H groups in total. The van der Waals surface area contributed by atoms with E-state index in [2.05, 4.69) is 6.92 Å². The predicted octanol–water partition coefficient (Wildman–Crippen LogP) is 6.20. The number of unbranched alkanes of at least 4 members (excludes halogenated alkanes) is 3. The summed E-state index contributed by atoms with van der Waals surface area (Å²) in [4.78, 5) is 30.6. The molecule has 4 rings (SSSR count). The second-order valence-corrected chi connectivity index (χ2v) is 10.1. The minimum absolute atomic E-state index is 0. The Bertz CT molecular complexity index is 913. The van der Waals surface area contributed by atoms with E-state index in [1.165, 1.54) is 29.1 Å². The molecule has 175 valence electrons. The molecule has 1 aromatic heterocycles. The molecule has 1 saturated carbocycles. The molecule has 1 radical (unpaired) electrons. The largest absolute Gasteiger partial charge is 0.387 e. The van der Waals surface area contributed by atoms with Crippen molar-refractivity contribution in [3.8, 4) is 0 Å². The number of urea groups is 1. The van der Waals surface area contributed by atoms with Crippen LogP contribution in [0.25, 0.3) is 0 Å². The first kappa shape index (κ1) is 26.5. The second-order valence-electron chi connectivity index (χ2n) is 8.96. The minimum Gasteiger partial charge on any atom is -0.387 e. The third kappa shape index (κ3) is 6.14. The van der Waals surface area contributed by atoms with Crippen LogP contribution in [0, 0.1) is 12.8 Å². The van der Waals surface area contributed by atoms with E-state index in [1.807, 2.05) is 30.3 Å². The van der Waals surface area contributed by atoms with Crippen molar-refractivity contribution in [1.82, 2.24) is 4.90 Å². The summed E-state index contributed by atoms with van der Waals surface area (Å²) in [6.45, 7) is 4.31. The molecule has 2 heterocycles. The van der Waals surface area contributed by atoms with Crippen molar-refractivity contribution in [1.29, 1.82) is 0 Å². The van der Waals surface area contributed by atoms with Crippen molar-refractivity contribution in [2.24, 2.45) is 5.92 Å². The molecule has 2 aliphatic rings. The van der Waals surface area contributed by atoms with Gasteiger partial charge in [0.15, 0.2) is 0 Å². The molecule has 1 aliphatic heterocycles. The number of aliphatic hydroxyl groups is 1. The van der Waals surface area contributed by atoms with Crippen LogP contribution in [0.1, 0.15) is 79.1 Å². The van der Waals surface area contributed by atoms with Gasteiger partial charge in [-0.25, -0.2) is 4.79 Å². The third-order valence-electron chi connectivity index (χ3n) is 6.74. The van der Waals surface area contributed by atoms with E-state index in [4.69, 9.17) is 0 Å². The second kappa shape index (κ2) is 12.6. The fourth-order valence-electron chi connectivity index (χ4n) is 4.93. The molecule has 1 unspecified atom stereocenters. The van der Waals surface area contributed by atoms with E-state index in [0.29, 0.717) is 18.0 Å². The fraction of sp³-hybridized carbons (Fsp3) is 0.500. The molecule has 33 heavy (non-hydrogen) atoms. The smallest absolute Gasteiger partial charge is 0.332 e. The Hall–Kier alpha value is -1.08. The van der Waals surface area contributed by atoms with Crippen molar-refractivity contribution in [2.45, 2.75) is 69.9 Å². The Balaban J connectivity index is 0.00000306. The predicted molar refractivity (Wildman–Crippen MR) is 129 cm³/mol. The molecule has 0 spiro atoms. The van der Waals surface area contributed by atoms with Crippen LogP contribution in [0.3, 0.4) is 0 Å². The normalized spacial score (nSPS) is 19.7. The number of aliphatic hydroxyl groups excluding tert-OH is 1. The summed E-state index contributed by atoms with van der Waals surface area (Å²) in [6, 6.07) is 12.6. The van der Waals surface area contributed by atoms with Gasteiger partial charge in [0.1, 0.15) is 0 Å². The summed E-state index contributed by atoms with van der Waals surface area (Å²) in [6.07, 6.45) is 8.92. The van der Waals surface area contributed by atoms with E-state index in [9.17, 15) is 14.7 Å². The first-order valence-corrected chi connectivity index (χ1v) is 12.7. The summed E-state index contributed by atoms with van der Waals surface area (Å²) in [5, 5.41) is 11.7. The summed E-state index contributed by atoms with van der Waals surface area (Å²) >= 11 is 1.49. The summed E-state index contributed by atoms with van der Waals surface area (Å²) in [7, 11) is 0. The molecule has 2 aromatic rings. The molecule has 1 aliphatic carbocycles. The Labute approximate surface area is 226 Å². The zero-order chi connectivity index (χ0) is 22.5. The maximum absolute atomic E-state index is 13.4. The van der Waals surface area contributed by atoms with Gasteiger partial charge in [0.25, 0.3) is 5.91 Å². The zero-order valence-corrected chi connectivity index (χ0v) is 22.9. The maximum atomic E-state index is 13.4. The van der Waals surface area contributed by atoms with Gasteiger partial charge < -0.3 is 12.0 Å². The van der Waals surface area contributed by atoms with Gasteiger partial charge in [-0.3, -0.25) is 14.6 Å². The zero-order valence-electron chi connectivity index (χ0n) is 19.2. The van der Waals surface area contributed by atoms with Gasteiger partial charge in [0, 0.05) is 43.1 Å². The van der Waals surface area contributed by atoms with Gasteiger partial charge in [-0.1, -0.05) is 50.3 Å². The van der Waals surface area contributed by atoms with Crippen molar-refractivity contribution < 1.29 is 47.4 Å². The summed E-state index contributed by atoms with van der Waals surface area (Å²) < 4.78 is 0. The van der Waals surface area contributed by atoms with E-state index in [-0.39, 0.29) is 50.7 Å².